The Bertz CT molecular complexity index is 1600. The second kappa shape index (κ2) is 19.2. The van der Waals surface area contributed by atoms with Crippen LogP contribution < -0.4 is 0 Å². The molecule has 0 aliphatic heterocycles. The van der Waals surface area contributed by atoms with Crippen molar-refractivity contribution in [3.8, 4) is 18.2 Å². The lowest BCUT2D eigenvalue weighted by Crippen LogP contribution is -1.71. The highest BCUT2D eigenvalue weighted by Gasteiger charge is 2.07. The zero-order chi connectivity index (χ0) is 31.7. The Kier molecular flexibility index (Phi) is 16.5. The van der Waals surface area contributed by atoms with E-state index in [1.54, 1.807) is 34.0 Å². The summed E-state index contributed by atoms with van der Waals surface area (Å²) >= 11 is 5.04. The van der Waals surface area contributed by atoms with Crippen molar-refractivity contribution in [3.05, 3.63) is 104 Å². The molecule has 0 atom stereocenters. The quantitative estimate of drug-likeness (QED) is 0.172. The molecule has 0 unspecified atom stereocenters. The topological polar surface area (TPSA) is 71.4 Å². The number of nitriles is 3. The summed E-state index contributed by atoms with van der Waals surface area (Å²) in [5.41, 5.74) is 2.49. The Morgan fingerprint density at radius 2 is 0.619 bits per heavy atom. The van der Waals surface area contributed by atoms with Gasteiger partial charge in [-0.2, -0.15) is 15.8 Å². The first-order valence-electron chi connectivity index (χ1n) is 14.1. The Morgan fingerprint density at radius 3 is 0.833 bits per heavy atom. The molecule has 42 heavy (non-hydrogen) atoms. The summed E-state index contributed by atoms with van der Waals surface area (Å²) in [4.78, 5) is 3.33. The van der Waals surface area contributed by atoms with E-state index in [9.17, 15) is 0 Å². The van der Waals surface area contributed by atoms with Crippen molar-refractivity contribution in [2.24, 2.45) is 0 Å². The third-order valence-electron chi connectivity index (χ3n) is 5.65. The second-order valence-corrected chi connectivity index (χ2v) is 11.7. The van der Waals surface area contributed by atoms with Gasteiger partial charge in [0, 0.05) is 44.9 Å². The minimum absolute atomic E-state index is 0.829. The fourth-order valence-electron chi connectivity index (χ4n) is 3.92. The molecule has 6 heteroatoms. The monoisotopic (exact) mass is 609 g/mol. The van der Waals surface area contributed by atoms with E-state index in [1.165, 1.54) is 14.1 Å². The van der Waals surface area contributed by atoms with E-state index in [0.717, 1.165) is 47.5 Å². The predicted molar refractivity (Wildman–Crippen MR) is 188 cm³/mol. The molecule has 0 fully saturated rings. The molecule has 0 saturated carbocycles. The Morgan fingerprint density at radius 1 is 0.405 bits per heavy atom. The van der Waals surface area contributed by atoms with Crippen molar-refractivity contribution in [2.75, 3.05) is 0 Å². The van der Waals surface area contributed by atoms with Crippen LogP contribution >= 0.6 is 34.0 Å². The molecule has 0 amide bonds. The van der Waals surface area contributed by atoms with Crippen molar-refractivity contribution in [3.63, 3.8) is 0 Å². The van der Waals surface area contributed by atoms with Crippen molar-refractivity contribution >= 4 is 64.3 Å². The van der Waals surface area contributed by atoms with Crippen molar-refractivity contribution in [1.29, 1.82) is 15.8 Å². The van der Waals surface area contributed by atoms with Crippen LogP contribution in [0.2, 0.25) is 0 Å². The van der Waals surface area contributed by atoms with Gasteiger partial charge in [-0.3, -0.25) is 0 Å². The van der Waals surface area contributed by atoms with Gasteiger partial charge in [0.2, 0.25) is 0 Å². The maximum atomic E-state index is 8.86. The third-order valence-corrected chi connectivity index (χ3v) is 8.91. The van der Waals surface area contributed by atoms with Gasteiger partial charge in [-0.25, -0.2) is 0 Å². The molecule has 3 aromatic heterocycles. The van der Waals surface area contributed by atoms with Crippen molar-refractivity contribution in [2.45, 2.75) is 62.3 Å². The van der Waals surface area contributed by atoms with Crippen LogP contribution in [0.4, 0.5) is 0 Å². The summed E-state index contributed by atoms with van der Waals surface area (Å²) < 4.78 is 3.60. The predicted octanol–water partition coefficient (Wildman–Crippen LogP) is 12.3. The fraction of sp³-hybridized carbons (Fsp3) is 0.250. The van der Waals surface area contributed by atoms with Gasteiger partial charge in [0.25, 0.3) is 0 Å². The molecule has 3 aromatic carbocycles. The van der Waals surface area contributed by atoms with Gasteiger partial charge in [-0.05, 0) is 39.0 Å². The molecule has 6 aromatic rings. The SMILES string of the molecule is CC.CC.CC.Cc1sc2ccccc2c1C#N.Cc1sc2ccccc2c1C#N.Cc1sc2ccccc2c1C#N. The van der Waals surface area contributed by atoms with E-state index in [1.807, 2.05) is 135 Å². The van der Waals surface area contributed by atoms with Crippen LogP contribution in [-0.4, -0.2) is 0 Å². The largest absolute Gasteiger partial charge is 0.192 e. The van der Waals surface area contributed by atoms with Gasteiger partial charge < -0.3 is 0 Å². The number of rotatable bonds is 0. The van der Waals surface area contributed by atoms with Crippen LogP contribution in [0.15, 0.2) is 72.8 Å². The van der Waals surface area contributed by atoms with Crippen molar-refractivity contribution in [1.82, 2.24) is 0 Å². The van der Waals surface area contributed by atoms with Crippen LogP contribution in [0.3, 0.4) is 0 Å². The highest BCUT2D eigenvalue weighted by Crippen LogP contribution is 2.31. The van der Waals surface area contributed by atoms with E-state index in [4.69, 9.17) is 15.8 Å². The number of hydrogen-bond acceptors (Lipinski definition) is 6. The fourth-order valence-corrected chi connectivity index (χ4v) is 6.96. The van der Waals surface area contributed by atoms with Gasteiger partial charge in [0.1, 0.15) is 18.2 Å². The van der Waals surface area contributed by atoms with E-state index >= 15 is 0 Å². The van der Waals surface area contributed by atoms with E-state index in [-0.39, 0.29) is 0 Å². The number of hydrogen-bond donors (Lipinski definition) is 0. The lowest BCUT2D eigenvalue weighted by atomic mass is 10.1. The van der Waals surface area contributed by atoms with Crippen LogP contribution in [0.5, 0.6) is 0 Å². The molecule has 0 saturated heterocycles. The summed E-state index contributed by atoms with van der Waals surface area (Å²) in [5, 5.41) is 29.8. The highest BCUT2D eigenvalue weighted by molar-refractivity contribution is 7.20. The lowest BCUT2D eigenvalue weighted by Gasteiger charge is -1.86. The minimum Gasteiger partial charge on any atom is -0.192 e. The van der Waals surface area contributed by atoms with Gasteiger partial charge in [0.15, 0.2) is 0 Å². The summed E-state index contributed by atoms with van der Waals surface area (Å²) in [6, 6.07) is 30.7. The van der Waals surface area contributed by atoms with E-state index in [2.05, 4.69) is 18.2 Å². The molecule has 0 aliphatic rings. The number of thiophene rings is 3. The van der Waals surface area contributed by atoms with Gasteiger partial charge in [-0.1, -0.05) is 96.1 Å². The van der Waals surface area contributed by atoms with Gasteiger partial charge in [0.05, 0.1) is 16.7 Å². The molecule has 0 radical (unpaired) electrons. The molecular formula is C36H39N3S3. The number of benzene rings is 3. The van der Waals surface area contributed by atoms with Crippen molar-refractivity contribution < 1.29 is 0 Å². The van der Waals surface area contributed by atoms with Gasteiger partial charge in [-0.15, -0.1) is 34.0 Å². The normalized spacial score (nSPS) is 9.00. The van der Waals surface area contributed by atoms with Crippen LogP contribution in [-0.2, 0) is 0 Å². The zero-order valence-electron chi connectivity index (χ0n) is 26.0. The van der Waals surface area contributed by atoms with E-state index in [0.29, 0.717) is 0 Å². The third kappa shape index (κ3) is 8.75. The summed E-state index contributed by atoms with van der Waals surface area (Å²) in [5.74, 6) is 0. The zero-order valence-corrected chi connectivity index (χ0v) is 28.4. The molecule has 0 aliphatic carbocycles. The number of nitrogens with zero attached hydrogens (tertiary/aromatic N) is 3. The van der Waals surface area contributed by atoms with E-state index < -0.39 is 0 Å². The molecule has 3 heterocycles. The number of fused-ring (bicyclic) bond motifs is 3. The molecule has 0 N–H and O–H groups in total. The summed E-state index contributed by atoms with van der Waals surface area (Å²) in [6.07, 6.45) is 0. The maximum absolute atomic E-state index is 8.86. The molecule has 6 rings (SSSR count). The average Bonchev–Trinajstić information content (AvgIpc) is 3.67. The summed E-state index contributed by atoms with van der Waals surface area (Å²) in [7, 11) is 0. The van der Waals surface area contributed by atoms with Crippen LogP contribution in [0.25, 0.3) is 30.3 Å². The van der Waals surface area contributed by atoms with Crippen LogP contribution in [0.1, 0.15) is 72.9 Å². The first-order valence-corrected chi connectivity index (χ1v) is 16.6. The Labute approximate surface area is 263 Å². The maximum Gasteiger partial charge on any atom is 0.101 e. The standard InChI is InChI=1S/3C10H7NS.3C2H6/c3*1-7-9(6-11)8-4-2-3-5-10(8)12-7;3*1-2/h3*2-5H,1H3;3*1-2H3. The lowest BCUT2D eigenvalue weighted by molar-refractivity contribution is 1.48. The first kappa shape index (κ1) is 36.0. The molecular weight excluding hydrogens is 571 g/mol. The van der Waals surface area contributed by atoms with Gasteiger partial charge >= 0.3 is 0 Å². The highest BCUT2D eigenvalue weighted by atomic mass is 32.1. The molecule has 216 valence electrons. The second-order valence-electron chi connectivity index (χ2n) is 7.92. The Balaban J connectivity index is 0.000000289. The first-order chi connectivity index (χ1) is 20.5. The molecule has 3 nitrogen and oxygen atoms in total. The molecule has 0 spiro atoms. The summed E-state index contributed by atoms with van der Waals surface area (Å²) in [6.45, 7) is 18.0. The molecule has 0 bridgehead atoms. The Hall–Kier alpha value is -3.99. The number of aryl methyl sites for hydroxylation is 3. The average molecular weight is 610 g/mol. The van der Waals surface area contributed by atoms with Crippen LogP contribution in [0, 0.1) is 54.8 Å². The smallest absolute Gasteiger partial charge is 0.101 e. The minimum atomic E-state index is 0.829.